The summed E-state index contributed by atoms with van der Waals surface area (Å²) >= 11 is 0. The second kappa shape index (κ2) is 5.78. The van der Waals surface area contributed by atoms with E-state index in [1.165, 1.54) is 5.56 Å². The molecule has 0 amide bonds. The zero-order valence-electron chi connectivity index (χ0n) is 11.9. The molecule has 1 N–H and O–H groups in total. The van der Waals surface area contributed by atoms with Gasteiger partial charge in [-0.05, 0) is 24.8 Å². The van der Waals surface area contributed by atoms with Gasteiger partial charge in [0, 0.05) is 12.6 Å². The van der Waals surface area contributed by atoms with Gasteiger partial charge in [-0.25, -0.2) is 4.98 Å². The maximum absolute atomic E-state index is 4.36. The Morgan fingerprint density at radius 1 is 1.16 bits per heavy atom. The predicted molar refractivity (Wildman–Crippen MR) is 78.3 cm³/mol. The minimum atomic E-state index is 0.583. The van der Waals surface area contributed by atoms with E-state index in [2.05, 4.69) is 58.6 Å². The van der Waals surface area contributed by atoms with Crippen LogP contribution in [0.25, 0.3) is 11.3 Å². The van der Waals surface area contributed by atoms with Crippen LogP contribution in [0.1, 0.15) is 37.6 Å². The average Bonchev–Trinajstić information content (AvgIpc) is 2.46. The maximum Gasteiger partial charge on any atom is 0.156 e. The van der Waals surface area contributed by atoms with Crippen molar-refractivity contribution in [2.24, 2.45) is 0 Å². The minimum Gasteiger partial charge on any atom is -0.371 e. The lowest BCUT2D eigenvalue weighted by molar-refractivity contribution is 0.734. The number of nitrogens with zero attached hydrogens (tertiary/aromatic N) is 3. The Balaban J connectivity index is 2.37. The molecule has 2 rings (SSSR count). The number of rotatable bonds is 4. The third-order valence-corrected chi connectivity index (χ3v) is 3.39. The van der Waals surface area contributed by atoms with Crippen molar-refractivity contribution in [2.45, 2.75) is 33.1 Å². The lowest BCUT2D eigenvalue weighted by Gasteiger charge is -2.11. The molecule has 0 saturated carbocycles. The molecule has 1 aromatic carbocycles. The quantitative estimate of drug-likeness (QED) is 0.910. The highest BCUT2D eigenvalue weighted by atomic mass is 15.2. The minimum absolute atomic E-state index is 0.583. The van der Waals surface area contributed by atoms with E-state index in [-0.39, 0.29) is 0 Å². The number of aromatic nitrogens is 3. The number of hydrogen-bond donors (Lipinski definition) is 1. The maximum atomic E-state index is 4.36. The first-order valence-corrected chi connectivity index (χ1v) is 6.65. The summed E-state index contributed by atoms with van der Waals surface area (Å²) in [7, 11) is 1.85. The first-order valence-electron chi connectivity index (χ1n) is 6.65. The van der Waals surface area contributed by atoms with E-state index in [9.17, 15) is 0 Å². The van der Waals surface area contributed by atoms with E-state index in [1.807, 2.05) is 14.0 Å². The van der Waals surface area contributed by atoms with Crippen molar-refractivity contribution in [3.05, 3.63) is 35.7 Å². The van der Waals surface area contributed by atoms with Crippen LogP contribution in [0.3, 0.4) is 0 Å². The van der Waals surface area contributed by atoms with Crippen molar-refractivity contribution < 1.29 is 0 Å². The molecule has 0 aliphatic carbocycles. The number of nitrogens with one attached hydrogen (secondary N) is 1. The van der Waals surface area contributed by atoms with Crippen molar-refractivity contribution in [2.75, 3.05) is 12.4 Å². The van der Waals surface area contributed by atoms with Crippen LogP contribution in [0.5, 0.6) is 0 Å². The summed E-state index contributed by atoms with van der Waals surface area (Å²) in [6, 6.07) is 8.49. The summed E-state index contributed by atoms with van der Waals surface area (Å²) in [4.78, 5) is 4.36. The third-order valence-electron chi connectivity index (χ3n) is 3.39. The summed E-state index contributed by atoms with van der Waals surface area (Å²) in [5.41, 5.74) is 3.19. The van der Waals surface area contributed by atoms with Gasteiger partial charge in [-0.2, -0.15) is 0 Å². The molecule has 4 heteroatoms. The summed E-state index contributed by atoms with van der Waals surface area (Å²) in [6.45, 7) is 6.28. The molecule has 0 radical (unpaired) electrons. The third kappa shape index (κ3) is 2.89. The van der Waals surface area contributed by atoms with Gasteiger partial charge < -0.3 is 5.32 Å². The van der Waals surface area contributed by atoms with Gasteiger partial charge in [-0.1, -0.05) is 38.1 Å². The monoisotopic (exact) mass is 256 g/mol. The van der Waals surface area contributed by atoms with E-state index in [4.69, 9.17) is 0 Å². The van der Waals surface area contributed by atoms with Crippen molar-refractivity contribution in [3.8, 4) is 11.3 Å². The van der Waals surface area contributed by atoms with Gasteiger partial charge >= 0.3 is 0 Å². The zero-order chi connectivity index (χ0) is 13.8. The average molecular weight is 256 g/mol. The van der Waals surface area contributed by atoms with E-state index >= 15 is 0 Å². The number of aryl methyl sites for hydroxylation is 1. The molecule has 1 atom stereocenters. The first-order chi connectivity index (χ1) is 9.15. The zero-order valence-corrected chi connectivity index (χ0v) is 11.9. The Hall–Kier alpha value is -1.97. The highest BCUT2D eigenvalue weighted by molar-refractivity contribution is 5.70. The van der Waals surface area contributed by atoms with E-state index in [1.54, 1.807) is 0 Å². The van der Waals surface area contributed by atoms with Gasteiger partial charge in [0.15, 0.2) is 5.82 Å². The van der Waals surface area contributed by atoms with Crippen LogP contribution in [0, 0.1) is 6.92 Å². The van der Waals surface area contributed by atoms with Crippen LogP contribution in [-0.2, 0) is 0 Å². The van der Waals surface area contributed by atoms with Gasteiger partial charge in [0.05, 0.1) is 0 Å². The summed E-state index contributed by atoms with van der Waals surface area (Å²) < 4.78 is 0. The molecule has 1 unspecified atom stereocenters. The molecule has 0 saturated heterocycles. The molecule has 4 nitrogen and oxygen atoms in total. The lowest BCUT2D eigenvalue weighted by atomic mass is 9.97. The molecule has 1 aromatic heterocycles. The van der Waals surface area contributed by atoms with Crippen LogP contribution in [0.15, 0.2) is 24.3 Å². The molecule has 0 bridgehead atoms. The molecule has 0 aliphatic heterocycles. The second-order valence-electron chi connectivity index (χ2n) is 4.74. The Morgan fingerprint density at radius 2 is 1.84 bits per heavy atom. The smallest absolute Gasteiger partial charge is 0.156 e. The largest absolute Gasteiger partial charge is 0.371 e. The van der Waals surface area contributed by atoms with E-state index in [0.29, 0.717) is 11.7 Å². The molecule has 19 heavy (non-hydrogen) atoms. The van der Waals surface area contributed by atoms with Crippen LogP contribution >= 0.6 is 0 Å². The Kier molecular flexibility index (Phi) is 4.10. The Labute approximate surface area is 114 Å². The number of anilines is 1. The highest BCUT2D eigenvalue weighted by Gasteiger charge is 2.10. The van der Waals surface area contributed by atoms with E-state index in [0.717, 1.165) is 23.5 Å². The van der Waals surface area contributed by atoms with Gasteiger partial charge in [-0.3, -0.25) is 0 Å². The van der Waals surface area contributed by atoms with Crippen LogP contribution in [0.2, 0.25) is 0 Å². The fraction of sp³-hybridized carbons (Fsp3) is 0.400. The standard InChI is InChI=1S/C15H20N4/c1-5-10(2)12-6-8-13(9-7-12)14-15(16-4)17-11(3)18-19-14/h6-10H,5H2,1-4H3,(H,16,17,18). The Bertz CT molecular complexity index is 549. The molecule has 0 fully saturated rings. The van der Waals surface area contributed by atoms with Crippen molar-refractivity contribution >= 4 is 5.82 Å². The topological polar surface area (TPSA) is 50.7 Å². The SMILES string of the molecule is CCC(C)c1ccc(-c2nnc(C)nc2NC)cc1. The number of benzene rings is 1. The molecule has 1 heterocycles. The highest BCUT2D eigenvalue weighted by Crippen LogP contribution is 2.26. The van der Waals surface area contributed by atoms with Crippen LogP contribution in [0.4, 0.5) is 5.82 Å². The molecular weight excluding hydrogens is 236 g/mol. The fourth-order valence-corrected chi connectivity index (χ4v) is 1.98. The van der Waals surface area contributed by atoms with Gasteiger partial charge in [0.25, 0.3) is 0 Å². The fourth-order valence-electron chi connectivity index (χ4n) is 1.98. The van der Waals surface area contributed by atoms with Crippen molar-refractivity contribution in [3.63, 3.8) is 0 Å². The van der Waals surface area contributed by atoms with E-state index < -0.39 is 0 Å². The molecule has 0 aliphatic rings. The molecule has 0 spiro atoms. The second-order valence-corrected chi connectivity index (χ2v) is 4.74. The molecular formula is C15H20N4. The predicted octanol–water partition coefficient (Wildman–Crippen LogP) is 3.40. The van der Waals surface area contributed by atoms with Crippen molar-refractivity contribution in [1.29, 1.82) is 0 Å². The van der Waals surface area contributed by atoms with Crippen LogP contribution < -0.4 is 5.32 Å². The van der Waals surface area contributed by atoms with Gasteiger partial charge in [0.2, 0.25) is 0 Å². The van der Waals surface area contributed by atoms with Crippen LogP contribution in [-0.4, -0.2) is 22.2 Å². The number of hydrogen-bond acceptors (Lipinski definition) is 4. The Morgan fingerprint density at radius 3 is 2.42 bits per heavy atom. The summed E-state index contributed by atoms with van der Waals surface area (Å²) in [6.07, 6.45) is 1.15. The van der Waals surface area contributed by atoms with Gasteiger partial charge in [-0.15, -0.1) is 10.2 Å². The molecule has 100 valence electrons. The lowest BCUT2D eigenvalue weighted by Crippen LogP contribution is -2.02. The van der Waals surface area contributed by atoms with Crippen molar-refractivity contribution in [1.82, 2.24) is 15.2 Å². The summed E-state index contributed by atoms with van der Waals surface area (Å²) in [5.74, 6) is 2.02. The normalized spacial score (nSPS) is 12.2. The molecule has 2 aromatic rings. The summed E-state index contributed by atoms with van der Waals surface area (Å²) in [5, 5.41) is 11.3. The first kappa shape index (κ1) is 13.5. The van der Waals surface area contributed by atoms with Gasteiger partial charge in [0.1, 0.15) is 11.5 Å².